The second-order valence-corrected chi connectivity index (χ2v) is 6.04. The molecule has 5 nitrogen and oxygen atoms in total. The number of ether oxygens (including phenoxy) is 1. The van der Waals surface area contributed by atoms with Crippen LogP contribution in [-0.2, 0) is 4.79 Å². The number of carbonyl (C=O) groups excluding carboxylic acids is 1. The lowest BCUT2D eigenvalue weighted by Crippen LogP contribution is -2.25. The van der Waals surface area contributed by atoms with Gasteiger partial charge in [0.15, 0.2) is 0 Å². The van der Waals surface area contributed by atoms with Crippen LogP contribution in [0.5, 0.6) is 5.75 Å². The van der Waals surface area contributed by atoms with Gasteiger partial charge < -0.3 is 10.1 Å². The Bertz CT molecular complexity index is 715. The lowest BCUT2D eigenvalue weighted by molar-refractivity contribution is -0.119. The van der Waals surface area contributed by atoms with Crippen LogP contribution < -0.4 is 15.5 Å². The van der Waals surface area contributed by atoms with Gasteiger partial charge in [0.1, 0.15) is 5.75 Å². The molecule has 1 amide bonds. The molecule has 2 aromatic carbocycles. The van der Waals surface area contributed by atoms with E-state index in [0.29, 0.717) is 6.61 Å². The number of nitrogens with zero attached hydrogens (tertiary/aromatic N) is 1. The zero-order valence-corrected chi connectivity index (χ0v) is 15.3. The second kappa shape index (κ2) is 9.08. The van der Waals surface area contributed by atoms with Crippen molar-refractivity contribution in [2.24, 2.45) is 5.10 Å². The summed E-state index contributed by atoms with van der Waals surface area (Å²) in [5.41, 5.74) is 5.36. The highest BCUT2D eigenvalue weighted by Crippen LogP contribution is 2.21. The summed E-state index contributed by atoms with van der Waals surface area (Å²) in [6, 6.07) is 13.5. The van der Waals surface area contributed by atoms with Gasteiger partial charge in [-0.25, -0.2) is 5.43 Å². The molecule has 0 aliphatic carbocycles. The molecule has 24 heavy (non-hydrogen) atoms. The molecule has 0 aliphatic rings. The Hall–Kier alpha value is -2.34. The molecule has 2 aromatic rings. The topological polar surface area (TPSA) is 62.7 Å². The van der Waals surface area contributed by atoms with Gasteiger partial charge in [0, 0.05) is 15.7 Å². The summed E-state index contributed by atoms with van der Waals surface area (Å²) in [7, 11) is 0. The van der Waals surface area contributed by atoms with Crippen molar-refractivity contribution in [2.45, 2.75) is 13.8 Å². The number of hydrogen-bond acceptors (Lipinski definition) is 4. The van der Waals surface area contributed by atoms with E-state index < -0.39 is 0 Å². The predicted molar refractivity (Wildman–Crippen MR) is 101 cm³/mol. The Morgan fingerprint density at radius 1 is 1.25 bits per heavy atom. The van der Waals surface area contributed by atoms with E-state index in [4.69, 9.17) is 4.74 Å². The molecule has 0 bridgehead atoms. The summed E-state index contributed by atoms with van der Waals surface area (Å²) in [4.78, 5) is 11.8. The van der Waals surface area contributed by atoms with Crippen molar-refractivity contribution in [3.63, 3.8) is 0 Å². The van der Waals surface area contributed by atoms with Crippen LogP contribution in [0.4, 0.5) is 5.69 Å². The van der Waals surface area contributed by atoms with E-state index in [9.17, 15) is 4.79 Å². The van der Waals surface area contributed by atoms with E-state index in [1.807, 2.05) is 56.3 Å². The van der Waals surface area contributed by atoms with Crippen LogP contribution in [0.15, 0.2) is 52.0 Å². The van der Waals surface area contributed by atoms with Crippen molar-refractivity contribution >= 4 is 33.7 Å². The number of halogens is 1. The maximum absolute atomic E-state index is 11.8. The summed E-state index contributed by atoms with van der Waals surface area (Å²) in [6.07, 6.45) is 1.57. The van der Waals surface area contributed by atoms with E-state index in [1.165, 1.54) is 5.56 Å². The molecule has 0 heterocycles. The number of nitrogens with one attached hydrogen (secondary N) is 2. The van der Waals surface area contributed by atoms with E-state index in [-0.39, 0.29) is 12.5 Å². The number of rotatable bonds is 7. The van der Waals surface area contributed by atoms with Gasteiger partial charge in [0.2, 0.25) is 0 Å². The minimum atomic E-state index is -0.222. The van der Waals surface area contributed by atoms with E-state index in [0.717, 1.165) is 21.5 Å². The highest BCUT2D eigenvalue weighted by Gasteiger charge is 2.03. The number of hydrazone groups is 1. The Morgan fingerprint density at radius 3 is 2.71 bits per heavy atom. The van der Waals surface area contributed by atoms with Crippen LogP contribution >= 0.6 is 15.9 Å². The molecule has 2 N–H and O–H groups in total. The minimum Gasteiger partial charge on any atom is -0.493 e. The van der Waals surface area contributed by atoms with Gasteiger partial charge in [-0.3, -0.25) is 4.79 Å². The number of aryl methyl sites for hydroxylation is 1. The van der Waals surface area contributed by atoms with Gasteiger partial charge >= 0.3 is 0 Å². The number of carbonyl (C=O) groups is 1. The zero-order valence-electron chi connectivity index (χ0n) is 13.7. The SMILES string of the molecule is CCOc1ccc(Br)cc1C=NNC(=O)CNc1ccc(C)cc1. The van der Waals surface area contributed by atoms with Crippen molar-refractivity contribution in [1.29, 1.82) is 0 Å². The molecule has 0 spiro atoms. The van der Waals surface area contributed by atoms with Gasteiger partial charge in [0.05, 0.1) is 19.4 Å². The lowest BCUT2D eigenvalue weighted by atomic mass is 10.2. The third-order valence-electron chi connectivity index (χ3n) is 3.17. The fraction of sp³-hybridized carbons (Fsp3) is 0.222. The number of hydrogen-bond donors (Lipinski definition) is 2. The number of amides is 1. The molecule has 6 heteroatoms. The van der Waals surface area contributed by atoms with Gasteiger partial charge in [0.25, 0.3) is 5.91 Å². The van der Waals surface area contributed by atoms with E-state index in [1.54, 1.807) is 6.21 Å². The normalized spacial score (nSPS) is 10.6. The molecule has 0 saturated heterocycles. The first-order valence-electron chi connectivity index (χ1n) is 7.63. The first-order chi connectivity index (χ1) is 11.6. The predicted octanol–water partition coefficient (Wildman–Crippen LogP) is 3.72. The summed E-state index contributed by atoms with van der Waals surface area (Å²) >= 11 is 3.41. The largest absolute Gasteiger partial charge is 0.493 e. The maximum Gasteiger partial charge on any atom is 0.259 e. The molecule has 0 aromatic heterocycles. The quantitative estimate of drug-likeness (QED) is 0.560. The van der Waals surface area contributed by atoms with Crippen LogP contribution in [-0.4, -0.2) is 25.3 Å². The monoisotopic (exact) mass is 389 g/mol. The lowest BCUT2D eigenvalue weighted by Gasteiger charge is -2.07. The van der Waals surface area contributed by atoms with Gasteiger partial charge in [-0.2, -0.15) is 5.10 Å². The van der Waals surface area contributed by atoms with Crippen LogP contribution in [0.1, 0.15) is 18.1 Å². The smallest absolute Gasteiger partial charge is 0.259 e. The number of benzene rings is 2. The Balaban J connectivity index is 1.88. The average Bonchev–Trinajstić information content (AvgIpc) is 2.57. The van der Waals surface area contributed by atoms with Crippen molar-refractivity contribution < 1.29 is 9.53 Å². The molecule has 0 fully saturated rings. The van der Waals surface area contributed by atoms with Crippen molar-refractivity contribution in [3.8, 4) is 5.75 Å². The summed E-state index contributed by atoms with van der Waals surface area (Å²) in [6.45, 7) is 4.65. The molecule has 0 aliphatic heterocycles. The second-order valence-electron chi connectivity index (χ2n) is 5.13. The molecule has 0 saturated carbocycles. The Kier molecular flexibility index (Phi) is 6.81. The summed E-state index contributed by atoms with van der Waals surface area (Å²) in [5, 5.41) is 7.03. The van der Waals surface area contributed by atoms with Crippen LogP contribution in [0, 0.1) is 6.92 Å². The van der Waals surface area contributed by atoms with E-state index in [2.05, 4.69) is 31.8 Å². The first-order valence-corrected chi connectivity index (χ1v) is 8.42. The molecule has 126 valence electrons. The average molecular weight is 390 g/mol. The fourth-order valence-corrected chi connectivity index (χ4v) is 2.35. The Labute approximate surface area is 150 Å². The molecule has 2 rings (SSSR count). The summed E-state index contributed by atoms with van der Waals surface area (Å²) in [5.74, 6) is 0.497. The third-order valence-corrected chi connectivity index (χ3v) is 3.66. The van der Waals surface area contributed by atoms with Gasteiger partial charge in [-0.05, 0) is 44.2 Å². The van der Waals surface area contributed by atoms with Crippen LogP contribution in [0.25, 0.3) is 0 Å². The minimum absolute atomic E-state index is 0.150. The third kappa shape index (κ3) is 5.70. The molecule has 0 unspecified atom stereocenters. The van der Waals surface area contributed by atoms with Gasteiger partial charge in [-0.1, -0.05) is 33.6 Å². The standard InChI is InChI=1S/C18H20BrN3O2/c1-3-24-17-9-6-15(19)10-14(17)11-21-22-18(23)12-20-16-7-4-13(2)5-8-16/h4-11,20H,3,12H2,1-2H3,(H,22,23). The summed E-state index contributed by atoms with van der Waals surface area (Å²) < 4.78 is 6.44. The Morgan fingerprint density at radius 2 is 2.00 bits per heavy atom. The molecular weight excluding hydrogens is 370 g/mol. The molecular formula is C18H20BrN3O2. The van der Waals surface area contributed by atoms with Crippen molar-refractivity contribution in [3.05, 3.63) is 58.1 Å². The van der Waals surface area contributed by atoms with Gasteiger partial charge in [-0.15, -0.1) is 0 Å². The van der Waals surface area contributed by atoms with Crippen molar-refractivity contribution in [1.82, 2.24) is 5.43 Å². The first kappa shape index (κ1) is 18.0. The zero-order chi connectivity index (χ0) is 17.4. The van der Waals surface area contributed by atoms with Crippen molar-refractivity contribution in [2.75, 3.05) is 18.5 Å². The van der Waals surface area contributed by atoms with Crippen LogP contribution in [0.2, 0.25) is 0 Å². The molecule has 0 atom stereocenters. The van der Waals surface area contributed by atoms with Crippen LogP contribution in [0.3, 0.4) is 0 Å². The number of anilines is 1. The van der Waals surface area contributed by atoms with E-state index >= 15 is 0 Å². The molecule has 0 radical (unpaired) electrons. The maximum atomic E-state index is 11.8. The fourth-order valence-electron chi connectivity index (χ4n) is 1.97. The highest BCUT2D eigenvalue weighted by atomic mass is 79.9. The highest BCUT2D eigenvalue weighted by molar-refractivity contribution is 9.10.